The van der Waals surface area contributed by atoms with Crippen molar-refractivity contribution in [3.05, 3.63) is 42.5 Å². The van der Waals surface area contributed by atoms with Crippen LogP contribution in [0.15, 0.2) is 36.9 Å². The van der Waals surface area contributed by atoms with Crippen LogP contribution in [0.25, 0.3) is 5.69 Å². The molecule has 0 radical (unpaired) electrons. The number of carbonyl (C=O) groups is 1. The first-order chi connectivity index (χ1) is 9.33. The molecule has 2 N–H and O–H groups in total. The van der Waals surface area contributed by atoms with Gasteiger partial charge in [-0.1, -0.05) is 0 Å². The molecule has 1 fully saturated rings. The highest BCUT2D eigenvalue weighted by atomic mass is 16.1. The number of aromatic nitrogens is 3. The fourth-order valence-electron chi connectivity index (χ4n) is 1.94. The van der Waals surface area contributed by atoms with E-state index >= 15 is 0 Å². The van der Waals surface area contributed by atoms with Crippen molar-refractivity contribution < 1.29 is 4.79 Å². The van der Waals surface area contributed by atoms with Gasteiger partial charge in [0.25, 0.3) is 5.91 Å². The molecule has 0 unspecified atom stereocenters. The lowest BCUT2D eigenvalue weighted by Gasteiger charge is -2.27. The molecular formula is C13H15N5O. The second-order valence-electron chi connectivity index (χ2n) is 4.62. The molecule has 0 spiro atoms. The molecule has 0 atom stereocenters. The van der Waals surface area contributed by atoms with Crippen molar-refractivity contribution in [2.75, 3.05) is 19.6 Å². The summed E-state index contributed by atoms with van der Waals surface area (Å²) in [7, 11) is 0. The van der Waals surface area contributed by atoms with E-state index in [9.17, 15) is 4.79 Å². The Hall–Kier alpha value is -2.21. The van der Waals surface area contributed by atoms with E-state index in [1.54, 1.807) is 23.1 Å². The lowest BCUT2D eigenvalue weighted by atomic mass is 10.0. The van der Waals surface area contributed by atoms with Crippen LogP contribution >= 0.6 is 0 Å². The van der Waals surface area contributed by atoms with Crippen molar-refractivity contribution in [3.8, 4) is 5.69 Å². The maximum Gasteiger partial charge on any atom is 0.251 e. The summed E-state index contributed by atoms with van der Waals surface area (Å²) in [6, 6.07) is 7.31. The first-order valence-electron chi connectivity index (χ1n) is 6.27. The molecule has 1 aromatic heterocycles. The molecule has 0 saturated carbocycles. The highest BCUT2D eigenvalue weighted by Gasteiger charge is 2.17. The van der Waals surface area contributed by atoms with Gasteiger partial charge in [-0.05, 0) is 24.3 Å². The van der Waals surface area contributed by atoms with E-state index in [1.807, 2.05) is 12.1 Å². The number of hydrogen-bond acceptors (Lipinski definition) is 4. The topological polar surface area (TPSA) is 71.8 Å². The average molecular weight is 257 g/mol. The largest absolute Gasteiger partial charge is 0.352 e. The Morgan fingerprint density at radius 2 is 2.16 bits per heavy atom. The minimum absolute atomic E-state index is 0.0305. The number of hydrogen-bond donors (Lipinski definition) is 2. The molecule has 1 saturated heterocycles. The Labute approximate surface area is 110 Å². The quantitative estimate of drug-likeness (QED) is 0.821. The maximum atomic E-state index is 11.9. The van der Waals surface area contributed by atoms with E-state index in [1.165, 1.54) is 6.33 Å². The van der Waals surface area contributed by atoms with Crippen LogP contribution in [-0.4, -0.2) is 40.3 Å². The number of nitrogens with one attached hydrogen (secondary N) is 2. The summed E-state index contributed by atoms with van der Waals surface area (Å²) in [5.41, 5.74) is 1.55. The van der Waals surface area contributed by atoms with Crippen LogP contribution in [0.1, 0.15) is 10.4 Å². The van der Waals surface area contributed by atoms with Crippen LogP contribution in [0.3, 0.4) is 0 Å². The fourth-order valence-corrected chi connectivity index (χ4v) is 1.94. The number of benzene rings is 1. The molecule has 3 rings (SSSR count). The highest BCUT2D eigenvalue weighted by molar-refractivity contribution is 5.94. The van der Waals surface area contributed by atoms with E-state index in [2.05, 4.69) is 20.7 Å². The smallest absolute Gasteiger partial charge is 0.251 e. The number of amides is 1. The number of rotatable bonds is 4. The standard InChI is InChI=1S/C13H15N5O/c19-13(16-7-10-5-14-6-10)11-1-3-12(4-2-11)18-9-15-8-17-18/h1-4,8-10,14H,5-7H2,(H,16,19). The first-order valence-corrected chi connectivity index (χ1v) is 6.27. The van der Waals surface area contributed by atoms with Crippen molar-refractivity contribution >= 4 is 5.91 Å². The molecular weight excluding hydrogens is 242 g/mol. The highest BCUT2D eigenvalue weighted by Crippen LogP contribution is 2.08. The van der Waals surface area contributed by atoms with E-state index in [-0.39, 0.29) is 5.91 Å². The molecule has 0 aliphatic carbocycles. The minimum atomic E-state index is -0.0305. The number of carbonyl (C=O) groups excluding carboxylic acids is 1. The molecule has 1 aliphatic heterocycles. The van der Waals surface area contributed by atoms with Crippen LogP contribution in [0.4, 0.5) is 0 Å². The van der Waals surface area contributed by atoms with E-state index in [0.29, 0.717) is 11.5 Å². The lowest BCUT2D eigenvalue weighted by Crippen LogP contribution is -2.48. The van der Waals surface area contributed by atoms with E-state index in [4.69, 9.17) is 0 Å². The van der Waals surface area contributed by atoms with Gasteiger partial charge >= 0.3 is 0 Å². The Morgan fingerprint density at radius 1 is 1.37 bits per heavy atom. The molecule has 6 nitrogen and oxygen atoms in total. The summed E-state index contributed by atoms with van der Waals surface area (Å²) in [5, 5.41) is 10.2. The Kier molecular flexibility index (Phi) is 3.24. The Balaban J connectivity index is 1.63. The monoisotopic (exact) mass is 257 g/mol. The Bertz CT molecular complexity index is 545. The zero-order chi connectivity index (χ0) is 13.1. The van der Waals surface area contributed by atoms with Crippen molar-refractivity contribution in [1.29, 1.82) is 0 Å². The van der Waals surface area contributed by atoms with Crippen molar-refractivity contribution in [2.24, 2.45) is 5.92 Å². The van der Waals surface area contributed by atoms with Gasteiger partial charge in [-0.2, -0.15) is 5.10 Å². The summed E-state index contributed by atoms with van der Waals surface area (Å²) in [6.07, 6.45) is 3.10. The molecule has 2 aromatic rings. The molecule has 98 valence electrons. The van der Waals surface area contributed by atoms with Gasteiger partial charge < -0.3 is 10.6 Å². The van der Waals surface area contributed by atoms with E-state index < -0.39 is 0 Å². The maximum absolute atomic E-state index is 11.9. The minimum Gasteiger partial charge on any atom is -0.352 e. The summed E-state index contributed by atoms with van der Waals surface area (Å²) >= 11 is 0. The normalized spacial score (nSPS) is 14.9. The van der Waals surface area contributed by atoms with Gasteiger partial charge in [0.15, 0.2) is 0 Å². The SMILES string of the molecule is O=C(NCC1CNC1)c1ccc(-n2cncn2)cc1. The van der Waals surface area contributed by atoms with Crippen LogP contribution in [0.5, 0.6) is 0 Å². The van der Waals surface area contributed by atoms with Gasteiger partial charge in [-0.25, -0.2) is 9.67 Å². The third-order valence-corrected chi connectivity index (χ3v) is 3.23. The fraction of sp³-hybridized carbons (Fsp3) is 0.308. The molecule has 1 aromatic carbocycles. The van der Waals surface area contributed by atoms with Crippen LogP contribution in [0, 0.1) is 5.92 Å². The molecule has 1 aliphatic rings. The molecule has 0 bridgehead atoms. The lowest BCUT2D eigenvalue weighted by molar-refractivity contribution is 0.0942. The molecule has 1 amide bonds. The van der Waals surface area contributed by atoms with Crippen molar-refractivity contribution in [1.82, 2.24) is 25.4 Å². The molecule has 2 heterocycles. The van der Waals surface area contributed by atoms with Crippen LogP contribution < -0.4 is 10.6 Å². The van der Waals surface area contributed by atoms with Gasteiger partial charge in [0, 0.05) is 31.1 Å². The van der Waals surface area contributed by atoms with Gasteiger partial charge in [0.2, 0.25) is 0 Å². The zero-order valence-corrected chi connectivity index (χ0v) is 10.4. The van der Waals surface area contributed by atoms with E-state index in [0.717, 1.165) is 25.3 Å². The summed E-state index contributed by atoms with van der Waals surface area (Å²) < 4.78 is 1.65. The predicted octanol–water partition coefficient (Wildman–Crippen LogP) is 0.216. The van der Waals surface area contributed by atoms with Gasteiger partial charge in [0.05, 0.1) is 5.69 Å². The zero-order valence-electron chi connectivity index (χ0n) is 10.4. The predicted molar refractivity (Wildman–Crippen MR) is 70.1 cm³/mol. The third-order valence-electron chi connectivity index (χ3n) is 3.23. The summed E-state index contributed by atoms with van der Waals surface area (Å²) in [5.74, 6) is 0.537. The van der Waals surface area contributed by atoms with Crippen LogP contribution in [0.2, 0.25) is 0 Å². The van der Waals surface area contributed by atoms with Gasteiger partial charge in [0.1, 0.15) is 12.7 Å². The molecule has 6 heteroatoms. The Morgan fingerprint density at radius 3 is 2.74 bits per heavy atom. The third kappa shape index (κ3) is 2.63. The average Bonchev–Trinajstić information content (AvgIpc) is 2.91. The second kappa shape index (κ2) is 5.19. The van der Waals surface area contributed by atoms with Gasteiger partial charge in [-0.15, -0.1) is 0 Å². The molecule has 19 heavy (non-hydrogen) atoms. The number of nitrogens with zero attached hydrogens (tertiary/aromatic N) is 3. The van der Waals surface area contributed by atoms with Crippen LogP contribution in [-0.2, 0) is 0 Å². The van der Waals surface area contributed by atoms with Crippen molar-refractivity contribution in [2.45, 2.75) is 0 Å². The first kappa shape index (κ1) is 11.9. The van der Waals surface area contributed by atoms with Gasteiger partial charge in [-0.3, -0.25) is 4.79 Å². The summed E-state index contributed by atoms with van der Waals surface area (Å²) in [6.45, 7) is 2.72. The summed E-state index contributed by atoms with van der Waals surface area (Å²) in [4.78, 5) is 15.8. The van der Waals surface area contributed by atoms with Crippen molar-refractivity contribution in [3.63, 3.8) is 0 Å². The second-order valence-corrected chi connectivity index (χ2v) is 4.62.